The molecule has 3 saturated heterocycles. The van der Waals surface area contributed by atoms with E-state index < -0.39 is 0 Å². The van der Waals surface area contributed by atoms with E-state index in [1.807, 2.05) is 21.9 Å². The van der Waals surface area contributed by atoms with Crippen LogP contribution in [0.4, 0.5) is 0 Å². The minimum absolute atomic E-state index is 0.0137. The molecule has 0 radical (unpaired) electrons. The van der Waals surface area contributed by atoms with Crippen molar-refractivity contribution in [2.75, 3.05) is 26.2 Å². The summed E-state index contributed by atoms with van der Waals surface area (Å²) in [4.78, 5) is 52.8. The summed E-state index contributed by atoms with van der Waals surface area (Å²) in [6.07, 6.45) is 6.83. The molecule has 1 aromatic rings. The number of nitrogens with one attached hydrogen (secondary N) is 1. The molecule has 0 bridgehead atoms. The number of carbonyl (C=O) groups excluding carboxylic acids is 3. The van der Waals surface area contributed by atoms with E-state index in [-0.39, 0.29) is 30.2 Å². The molecule has 1 unspecified atom stereocenters. The van der Waals surface area contributed by atoms with Gasteiger partial charge in [0.25, 0.3) is 12.4 Å². The van der Waals surface area contributed by atoms with Crippen molar-refractivity contribution in [2.24, 2.45) is 11.8 Å². The average Bonchev–Trinajstić information content (AvgIpc) is 3.26. The predicted octanol–water partition coefficient (Wildman–Crippen LogP) is 1.15. The van der Waals surface area contributed by atoms with E-state index in [1.54, 1.807) is 12.3 Å². The van der Waals surface area contributed by atoms with Crippen LogP contribution >= 0.6 is 0 Å². The molecule has 31 heavy (non-hydrogen) atoms. The highest BCUT2D eigenvalue weighted by Crippen LogP contribution is 2.33. The van der Waals surface area contributed by atoms with Gasteiger partial charge in [-0.25, -0.2) is 0 Å². The summed E-state index contributed by atoms with van der Waals surface area (Å²) < 4.78 is 0. The Balaban J connectivity index is 0.000000858. The van der Waals surface area contributed by atoms with Crippen molar-refractivity contribution in [2.45, 2.75) is 44.6 Å². The van der Waals surface area contributed by atoms with Gasteiger partial charge in [0, 0.05) is 38.8 Å². The van der Waals surface area contributed by atoms with Crippen molar-refractivity contribution in [3.63, 3.8) is 0 Å². The average molecular weight is 431 g/mol. The fourth-order valence-corrected chi connectivity index (χ4v) is 4.84. The lowest BCUT2D eigenvalue weighted by Gasteiger charge is -2.40. The summed E-state index contributed by atoms with van der Waals surface area (Å²) in [7, 11) is 0. The summed E-state index contributed by atoms with van der Waals surface area (Å²) in [6.45, 7) is 2.88. The maximum Gasteiger partial charge on any atom is 0.290 e. The first-order chi connectivity index (χ1) is 15.0. The predicted molar refractivity (Wildman–Crippen MR) is 112 cm³/mol. The molecule has 3 amide bonds. The van der Waals surface area contributed by atoms with Crippen molar-refractivity contribution in [3.8, 4) is 0 Å². The molecule has 0 aromatic carbocycles. The van der Waals surface area contributed by atoms with Crippen LogP contribution in [-0.4, -0.2) is 76.3 Å². The quantitative estimate of drug-likeness (QED) is 0.694. The molecule has 1 atom stereocenters. The number of pyridine rings is 1. The standard InChI is InChI=1S/C21H28N4O3.CH2O2/c26-19-5-4-18(23-19)21(28)25-13-8-16(9-14-25)15-6-11-24(12-7-15)20(27)17-3-1-2-10-22-17;2-1-3/h1-3,10,15-16,18H,4-9,11-14H2,(H,23,26);1H,(H,2,3). The smallest absolute Gasteiger partial charge is 0.290 e. The van der Waals surface area contributed by atoms with Gasteiger partial charge in [-0.2, -0.15) is 0 Å². The van der Waals surface area contributed by atoms with Gasteiger partial charge < -0.3 is 20.2 Å². The van der Waals surface area contributed by atoms with Gasteiger partial charge >= 0.3 is 0 Å². The summed E-state index contributed by atoms with van der Waals surface area (Å²) in [5, 5.41) is 9.67. The lowest BCUT2D eigenvalue weighted by Crippen LogP contribution is -2.49. The summed E-state index contributed by atoms with van der Waals surface area (Å²) in [6, 6.07) is 5.12. The summed E-state index contributed by atoms with van der Waals surface area (Å²) in [5.74, 6) is 1.34. The zero-order valence-corrected chi connectivity index (χ0v) is 17.6. The Morgan fingerprint density at radius 2 is 1.58 bits per heavy atom. The van der Waals surface area contributed by atoms with Gasteiger partial charge in [-0.05, 0) is 56.1 Å². The first-order valence-corrected chi connectivity index (χ1v) is 10.9. The van der Waals surface area contributed by atoms with Gasteiger partial charge in [0.2, 0.25) is 11.8 Å². The molecule has 4 heterocycles. The molecule has 9 heteroatoms. The third kappa shape index (κ3) is 5.80. The molecular weight excluding hydrogens is 400 g/mol. The Morgan fingerprint density at radius 3 is 2.06 bits per heavy atom. The number of aromatic nitrogens is 1. The Bertz CT molecular complexity index is 771. The minimum atomic E-state index is -0.315. The minimum Gasteiger partial charge on any atom is -0.483 e. The van der Waals surface area contributed by atoms with Gasteiger partial charge in [0.1, 0.15) is 11.7 Å². The lowest BCUT2D eigenvalue weighted by atomic mass is 9.78. The van der Waals surface area contributed by atoms with Crippen LogP contribution in [0.3, 0.4) is 0 Å². The van der Waals surface area contributed by atoms with Crippen LogP contribution < -0.4 is 5.32 Å². The highest BCUT2D eigenvalue weighted by molar-refractivity contribution is 5.92. The maximum absolute atomic E-state index is 12.5. The van der Waals surface area contributed by atoms with Crippen molar-refractivity contribution in [1.29, 1.82) is 0 Å². The zero-order valence-electron chi connectivity index (χ0n) is 17.6. The van der Waals surface area contributed by atoms with E-state index in [4.69, 9.17) is 9.90 Å². The second-order valence-corrected chi connectivity index (χ2v) is 8.27. The molecular formula is C22H30N4O5. The number of likely N-dealkylation sites (tertiary alicyclic amines) is 2. The van der Waals surface area contributed by atoms with Crippen molar-refractivity contribution >= 4 is 24.2 Å². The molecule has 3 aliphatic heterocycles. The zero-order chi connectivity index (χ0) is 22.2. The fraction of sp³-hybridized carbons (Fsp3) is 0.591. The number of hydrogen-bond acceptors (Lipinski definition) is 5. The molecule has 3 aliphatic rings. The fourth-order valence-electron chi connectivity index (χ4n) is 4.84. The van der Waals surface area contributed by atoms with E-state index in [0.29, 0.717) is 30.4 Å². The van der Waals surface area contributed by atoms with Crippen LogP contribution in [0.15, 0.2) is 24.4 Å². The van der Waals surface area contributed by atoms with Gasteiger partial charge in [-0.1, -0.05) is 6.07 Å². The lowest BCUT2D eigenvalue weighted by molar-refractivity contribution is -0.136. The highest BCUT2D eigenvalue weighted by atomic mass is 16.3. The number of carboxylic acid groups (broad SMARTS) is 1. The molecule has 1 aromatic heterocycles. The van der Waals surface area contributed by atoms with E-state index >= 15 is 0 Å². The third-order valence-electron chi connectivity index (χ3n) is 6.52. The van der Waals surface area contributed by atoms with Gasteiger partial charge in [0.15, 0.2) is 0 Å². The SMILES string of the molecule is O=C1CCC(C(=O)N2CCC(C3CCN(C(=O)c4ccccn4)CC3)CC2)N1.O=CO. The second-order valence-electron chi connectivity index (χ2n) is 8.27. The van der Waals surface area contributed by atoms with Crippen LogP contribution in [0.5, 0.6) is 0 Å². The third-order valence-corrected chi connectivity index (χ3v) is 6.52. The maximum atomic E-state index is 12.5. The van der Waals surface area contributed by atoms with Crippen LogP contribution in [0.2, 0.25) is 0 Å². The molecule has 0 saturated carbocycles. The van der Waals surface area contributed by atoms with E-state index in [1.165, 1.54) is 0 Å². The number of hydrogen-bond donors (Lipinski definition) is 2. The van der Waals surface area contributed by atoms with Gasteiger partial charge in [-0.15, -0.1) is 0 Å². The van der Waals surface area contributed by atoms with E-state index in [0.717, 1.165) is 51.9 Å². The molecule has 0 aliphatic carbocycles. The normalized spacial score (nSPS) is 22.3. The molecule has 2 N–H and O–H groups in total. The Kier molecular flexibility index (Phi) is 7.97. The van der Waals surface area contributed by atoms with E-state index in [9.17, 15) is 14.4 Å². The Morgan fingerprint density at radius 1 is 1.00 bits per heavy atom. The highest BCUT2D eigenvalue weighted by Gasteiger charge is 2.35. The first kappa shape index (κ1) is 22.7. The Labute approximate surface area is 181 Å². The largest absolute Gasteiger partial charge is 0.483 e. The van der Waals surface area contributed by atoms with Crippen molar-refractivity contribution in [3.05, 3.63) is 30.1 Å². The van der Waals surface area contributed by atoms with Crippen LogP contribution in [0.25, 0.3) is 0 Å². The summed E-state index contributed by atoms with van der Waals surface area (Å²) >= 11 is 0. The van der Waals surface area contributed by atoms with Gasteiger partial charge in [0.05, 0.1) is 0 Å². The Hall–Kier alpha value is -2.97. The molecule has 168 valence electrons. The number of piperidine rings is 2. The molecule has 0 spiro atoms. The number of amides is 3. The number of carbonyl (C=O) groups is 4. The van der Waals surface area contributed by atoms with Crippen LogP contribution in [0.1, 0.15) is 49.0 Å². The monoisotopic (exact) mass is 430 g/mol. The van der Waals surface area contributed by atoms with Crippen LogP contribution in [-0.2, 0) is 14.4 Å². The topological polar surface area (TPSA) is 120 Å². The van der Waals surface area contributed by atoms with E-state index in [2.05, 4.69) is 10.3 Å². The second kappa shape index (κ2) is 10.9. The van der Waals surface area contributed by atoms with Gasteiger partial charge in [-0.3, -0.25) is 24.2 Å². The van der Waals surface area contributed by atoms with Crippen molar-refractivity contribution in [1.82, 2.24) is 20.1 Å². The molecule has 4 rings (SSSR count). The molecule has 9 nitrogen and oxygen atoms in total. The first-order valence-electron chi connectivity index (χ1n) is 10.9. The van der Waals surface area contributed by atoms with Crippen LogP contribution in [0, 0.1) is 11.8 Å². The number of rotatable bonds is 3. The molecule has 3 fully saturated rings. The number of nitrogens with zero attached hydrogens (tertiary/aromatic N) is 3. The summed E-state index contributed by atoms with van der Waals surface area (Å²) in [5.41, 5.74) is 0.520. The van der Waals surface area contributed by atoms with Crippen molar-refractivity contribution < 1.29 is 24.3 Å².